The predicted molar refractivity (Wildman–Crippen MR) is 122 cm³/mol. The van der Waals surface area contributed by atoms with Crippen molar-refractivity contribution in [2.45, 2.75) is 0 Å². The first-order chi connectivity index (χ1) is 13.8. The summed E-state index contributed by atoms with van der Waals surface area (Å²) < 4.78 is 6.40. The zero-order valence-electron chi connectivity index (χ0n) is 14.3. The van der Waals surface area contributed by atoms with Crippen molar-refractivity contribution in [2.24, 2.45) is 4.99 Å². The first-order valence-corrected chi connectivity index (χ1v) is 10.5. The van der Waals surface area contributed by atoms with Crippen LogP contribution in [0.3, 0.4) is 0 Å². The van der Waals surface area contributed by atoms with Crippen LogP contribution < -0.4 is 0 Å². The molecule has 3 aromatic carbocycles. The lowest BCUT2D eigenvalue weighted by molar-refractivity contribution is 0.442. The molecular formula is C20H10Br2Cl2N2O3. The Labute approximate surface area is 191 Å². The summed E-state index contributed by atoms with van der Waals surface area (Å²) in [5.74, 6) is 0.223. The van der Waals surface area contributed by atoms with Gasteiger partial charge in [0.15, 0.2) is 5.58 Å². The number of phenolic OH excluding ortho intramolecular Hbond substituents is 2. The second kappa shape index (κ2) is 7.99. The average Bonchev–Trinajstić information content (AvgIpc) is 3.13. The first kappa shape index (κ1) is 20.2. The van der Waals surface area contributed by atoms with Crippen molar-refractivity contribution in [2.75, 3.05) is 0 Å². The maximum Gasteiger partial charge on any atom is 0.227 e. The van der Waals surface area contributed by atoms with Gasteiger partial charge < -0.3 is 14.6 Å². The maximum atomic E-state index is 10.2. The number of rotatable bonds is 3. The lowest BCUT2D eigenvalue weighted by atomic mass is 10.2. The molecule has 0 atom stereocenters. The molecule has 2 N–H and O–H groups in total. The molecule has 0 saturated heterocycles. The summed E-state index contributed by atoms with van der Waals surface area (Å²) in [6.45, 7) is 0. The topological polar surface area (TPSA) is 78.9 Å². The summed E-state index contributed by atoms with van der Waals surface area (Å²) in [5, 5.41) is 20.8. The Balaban J connectivity index is 1.68. The van der Waals surface area contributed by atoms with E-state index in [0.717, 1.165) is 0 Å². The molecule has 0 saturated carbocycles. The van der Waals surface area contributed by atoms with Crippen LogP contribution in [0.1, 0.15) is 5.56 Å². The highest BCUT2D eigenvalue weighted by Gasteiger charge is 2.13. The molecule has 0 aliphatic carbocycles. The van der Waals surface area contributed by atoms with Gasteiger partial charge in [0.2, 0.25) is 5.89 Å². The Morgan fingerprint density at radius 1 is 0.966 bits per heavy atom. The van der Waals surface area contributed by atoms with E-state index >= 15 is 0 Å². The molecular weight excluding hydrogens is 547 g/mol. The highest BCUT2D eigenvalue weighted by atomic mass is 79.9. The second-order valence-electron chi connectivity index (χ2n) is 6.02. The van der Waals surface area contributed by atoms with Gasteiger partial charge in [0.1, 0.15) is 21.5 Å². The largest absolute Gasteiger partial charge is 0.506 e. The van der Waals surface area contributed by atoms with Gasteiger partial charge in [-0.05, 0) is 74.3 Å². The Morgan fingerprint density at radius 2 is 1.76 bits per heavy atom. The van der Waals surface area contributed by atoms with Crippen molar-refractivity contribution in [1.29, 1.82) is 0 Å². The number of aromatic hydroxyl groups is 2. The number of halogens is 4. The summed E-state index contributed by atoms with van der Waals surface area (Å²) in [4.78, 5) is 8.87. The number of hydrogen-bond donors (Lipinski definition) is 2. The number of aliphatic imine (C=N–C) groups is 1. The van der Waals surface area contributed by atoms with E-state index in [1.165, 1.54) is 6.21 Å². The molecule has 0 bridgehead atoms. The predicted octanol–water partition coefficient (Wildman–Crippen LogP) is 7.49. The molecule has 1 aromatic heterocycles. The fourth-order valence-corrected chi connectivity index (χ4v) is 4.06. The number of phenols is 2. The van der Waals surface area contributed by atoms with Gasteiger partial charge in [-0.2, -0.15) is 0 Å². The number of hydrogen-bond acceptors (Lipinski definition) is 5. The van der Waals surface area contributed by atoms with Crippen molar-refractivity contribution >= 4 is 78.1 Å². The lowest BCUT2D eigenvalue weighted by Crippen LogP contribution is -1.85. The van der Waals surface area contributed by atoms with Gasteiger partial charge in [-0.1, -0.05) is 23.2 Å². The SMILES string of the molecule is Oc1c(Br)cc(C=Nc2ccc3oc(-c4ccc(Cl)c(Cl)c4)nc3c2)c(O)c1Br. The van der Waals surface area contributed by atoms with Crippen molar-refractivity contribution < 1.29 is 14.6 Å². The standard InChI is InChI=1S/C20H10Br2Cl2N2O3/c21-12-5-10(18(27)17(22)19(12)28)8-25-11-2-4-16-15(7-11)26-20(29-16)9-1-3-13(23)14(24)6-9/h1-8,27-28H. The fourth-order valence-electron chi connectivity index (χ4n) is 2.61. The van der Waals surface area contributed by atoms with Gasteiger partial charge in [0, 0.05) is 17.3 Å². The number of aromatic nitrogens is 1. The summed E-state index contributed by atoms with van der Waals surface area (Å²) in [5.41, 5.74) is 2.98. The third kappa shape index (κ3) is 4.00. The van der Waals surface area contributed by atoms with Crippen molar-refractivity contribution in [3.05, 3.63) is 67.0 Å². The molecule has 1 heterocycles. The summed E-state index contributed by atoms with van der Waals surface area (Å²) in [6, 6.07) is 12.0. The highest BCUT2D eigenvalue weighted by molar-refractivity contribution is 9.11. The van der Waals surface area contributed by atoms with Crippen LogP contribution in [0.25, 0.3) is 22.6 Å². The van der Waals surface area contributed by atoms with E-state index in [1.54, 1.807) is 42.5 Å². The zero-order valence-corrected chi connectivity index (χ0v) is 19.0. The highest BCUT2D eigenvalue weighted by Crippen LogP contribution is 2.41. The Bertz CT molecular complexity index is 1290. The van der Waals surface area contributed by atoms with Gasteiger partial charge in [-0.15, -0.1) is 0 Å². The average molecular weight is 557 g/mol. The van der Waals surface area contributed by atoms with Crippen molar-refractivity contribution in [3.63, 3.8) is 0 Å². The Morgan fingerprint density at radius 3 is 2.52 bits per heavy atom. The fraction of sp³-hybridized carbons (Fsp3) is 0. The third-order valence-electron chi connectivity index (χ3n) is 4.09. The molecule has 0 unspecified atom stereocenters. The van der Waals surface area contributed by atoms with Crippen molar-refractivity contribution in [1.82, 2.24) is 4.98 Å². The zero-order chi connectivity index (χ0) is 20.7. The molecule has 0 amide bonds. The summed E-state index contributed by atoms with van der Waals surface area (Å²) in [7, 11) is 0. The van der Waals surface area contributed by atoms with E-state index in [2.05, 4.69) is 41.8 Å². The number of oxazole rings is 1. The first-order valence-electron chi connectivity index (χ1n) is 8.13. The van der Waals surface area contributed by atoms with Crippen LogP contribution >= 0.6 is 55.1 Å². The molecule has 0 aliphatic rings. The minimum absolute atomic E-state index is 0.0847. The van der Waals surface area contributed by atoms with E-state index in [0.29, 0.717) is 48.3 Å². The normalized spacial score (nSPS) is 11.6. The van der Waals surface area contributed by atoms with E-state index in [4.69, 9.17) is 27.6 Å². The van der Waals surface area contributed by atoms with Gasteiger partial charge in [-0.25, -0.2) is 4.98 Å². The third-order valence-corrected chi connectivity index (χ3v) is 6.18. The quantitative estimate of drug-likeness (QED) is 0.256. The maximum absolute atomic E-state index is 10.2. The molecule has 4 aromatic rings. The summed E-state index contributed by atoms with van der Waals surface area (Å²) >= 11 is 18.4. The van der Waals surface area contributed by atoms with Crippen molar-refractivity contribution in [3.8, 4) is 23.0 Å². The van der Waals surface area contributed by atoms with Gasteiger partial charge >= 0.3 is 0 Å². The lowest BCUT2D eigenvalue weighted by Gasteiger charge is -2.06. The van der Waals surface area contributed by atoms with Gasteiger partial charge in [-0.3, -0.25) is 4.99 Å². The monoisotopic (exact) mass is 554 g/mol. The van der Waals surface area contributed by atoms with Crippen LogP contribution in [0.15, 0.2) is 60.8 Å². The van der Waals surface area contributed by atoms with Crippen LogP contribution in [0, 0.1) is 0 Å². The van der Waals surface area contributed by atoms with E-state index < -0.39 is 0 Å². The molecule has 0 radical (unpaired) electrons. The molecule has 29 heavy (non-hydrogen) atoms. The Hall–Kier alpha value is -2.06. The molecule has 0 fully saturated rings. The molecule has 9 heteroatoms. The van der Waals surface area contributed by atoms with Gasteiger partial charge in [0.25, 0.3) is 0 Å². The number of fused-ring (bicyclic) bond motifs is 1. The Kier molecular flexibility index (Phi) is 5.57. The van der Waals surface area contributed by atoms with Crippen LogP contribution in [-0.2, 0) is 0 Å². The van der Waals surface area contributed by atoms with Crippen LogP contribution in [0.5, 0.6) is 11.5 Å². The molecule has 4 rings (SSSR count). The number of nitrogens with zero attached hydrogens (tertiary/aromatic N) is 2. The minimum Gasteiger partial charge on any atom is -0.506 e. The van der Waals surface area contributed by atoms with Gasteiger partial charge in [0.05, 0.1) is 20.2 Å². The van der Waals surface area contributed by atoms with E-state index in [9.17, 15) is 10.2 Å². The minimum atomic E-state index is -0.112. The molecule has 0 aliphatic heterocycles. The van der Waals surface area contributed by atoms with Crippen LogP contribution in [-0.4, -0.2) is 21.4 Å². The van der Waals surface area contributed by atoms with Crippen LogP contribution in [0.4, 0.5) is 5.69 Å². The number of benzene rings is 3. The summed E-state index contributed by atoms with van der Waals surface area (Å²) in [6.07, 6.45) is 1.49. The smallest absolute Gasteiger partial charge is 0.227 e. The molecule has 0 spiro atoms. The van der Waals surface area contributed by atoms with E-state index in [-0.39, 0.29) is 16.0 Å². The van der Waals surface area contributed by atoms with E-state index in [1.807, 2.05) is 0 Å². The molecule has 5 nitrogen and oxygen atoms in total. The van der Waals surface area contributed by atoms with Crippen LogP contribution in [0.2, 0.25) is 10.0 Å². The molecule has 146 valence electrons. The second-order valence-corrected chi connectivity index (χ2v) is 8.48.